The Balaban J connectivity index is 2.93. The lowest BCUT2D eigenvalue weighted by Crippen LogP contribution is -2.37. The van der Waals surface area contributed by atoms with E-state index in [1.807, 2.05) is 20.8 Å². The van der Waals surface area contributed by atoms with Crippen LogP contribution in [-0.4, -0.2) is 23.0 Å². The van der Waals surface area contributed by atoms with Crippen molar-refractivity contribution < 1.29 is 19.1 Å². The molecule has 0 radical (unpaired) electrons. The van der Waals surface area contributed by atoms with Crippen LogP contribution in [0.3, 0.4) is 0 Å². The number of amides is 1. The maximum absolute atomic E-state index is 13.8. The molecule has 4 nitrogen and oxygen atoms in total. The quantitative estimate of drug-likeness (QED) is 0.792. The lowest BCUT2D eigenvalue weighted by molar-refractivity contribution is -0.131. The molecule has 0 aliphatic carbocycles. The van der Waals surface area contributed by atoms with Crippen LogP contribution in [0, 0.1) is 11.7 Å². The lowest BCUT2D eigenvalue weighted by atomic mass is 10.0. The van der Waals surface area contributed by atoms with Gasteiger partial charge in [-0.3, -0.25) is 4.79 Å². The molecule has 0 saturated carbocycles. The number of carboxylic acids is 1. The van der Waals surface area contributed by atoms with Gasteiger partial charge in [0.1, 0.15) is 5.82 Å². The van der Waals surface area contributed by atoms with Gasteiger partial charge in [0.25, 0.3) is 5.91 Å². The number of hydrogen-bond donors (Lipinski definition) is 2. The molecule has 0 bridgehead atoms. The first-order chi connectivity index (χ1) is 9.85. The fourth-order valence-electron chi connectivity index (χ4n) is 1.77. The molecule has 0 aliphatic heterocycles. The van der Waals surface area contributed by atoms with Gasteiger partial charge in [0.2, 0.25) is 0 Å². The SMILES string of the molecule is CCC(C)C(C)NC(=O)c1cc(C=CC(=O)O)ccc1F. The van der Waals surface area contributed by atoms with Gasteiger partial charge in [-0.15, -0.1) is 0 Å². The second-order valence-corrected chi connectivity index (χ2v) is 5.06. The molecule has 0 fully saturated rings. The number of rotatable bonds is 6. The zero-order valence-electron chi connectivity index (χ0n) is 12.4. The Hall–Kier alpha value is -2.17. The van der Waals surface area contributed by atoms with Crippen LogP contribution in [0.2, 0.25) is 0 Å². The molecule has 2 atom stereocenters. The van der Waals surface area contributed by atoms with Crippen molar-refractivity contribution in [1.29, 1.82) is 0 Å². The van der Waals surface area contributed by atoms with E-state index in [0.29, 0.717) is 5.56 Å². The van der Waals surface area contributed by atoms with Gasteiger partial charge in [-0.25, -0.2) is 9.18 Å². The van der Waals surface area contributed by atoms with Crippen LogP contribution in [0.5, 0.6) is 0 Å². The normalized spacial score (nSPS) is 13.9. The minimum absolute atomic E-state index is 0.0693. The Morgan fingerprint density at radius 2 is 2.05 bits per heavy atom. The minimum Gasteiger partial charge on any atom is -0.478 e. The van der Waals surface area contributed by atoms with Crippen molar-refractivity contribution in [3.05, 3.63) is 41.2 Å². The maximum atomic E-state index is 13.8. The van der Waals surface area contributed by atoms with E-state index in [1.165, 1.54) is 18.2 Å². The van der Waals surface area contributed by atoms with Crippen LogP contribution in [0.4, 0.5) is 4.39 Å². The monoisotopic (exact) mass is 293 g/mol. The molecule has 0 aromatic heterocycles. The smallest absolute Gasteiger partial charge is 0.328 e. The van der Waals surface area contributed by atoms with Crippen molar-refractivity contribution in [2.75, 3.05) is 0 Å². The second-order valence-electron chi connectivity index (χ2n) is 5.06. The Labute approximate surface area is 123 Å². The van der Waals surface area contributed by atoms with Gasteiger partial charge < -0.3 is 10.4 Å². The van der Waals surface area contributed by atoms with Gasteiger partial charge >= 0.3 is 5.97 Å². The summed E-state index contributed by atoms with van der Waals surface area (Å²) in [5, 5.41) is 11.3. The number of hydrogen-bond acceptors (Lipinski definition) is 2. The van der Waals surface area contributed by atoms with Gasteiger partial charge in [-0.1, -0.05) is 26.3 Å². The van der Waals surface area contributed by atoms with Crippen molar-refractivity contribution in [3.63, 3.8) is 0 Å². The third kappa shape index (κ3) is 5.02. The van der Waals surface area contributed by atoms with E-state index in [9.17, 15) is 14.0 Å². The molecule has 1 aromatic rings. The first-order valence-electron chi connectivity index (χ1n) is 6.86. The van der Waals surface area contributed by atoms with E-state index >= 15 is 0 Å². The number of aliphatic carboxylic acids is 1. The van der Waals surface area contributed by atoms with Crippen molar-refractivity contribution in [1.82, 2.24) is 5.32 Å². The number of nitrogens with one attached hydrogen (secondary N) is 1. The summed E-state index contributed by atoms with van der Waals surface area (Å²) in [5.74, 6) is -1.94. The molecule has 0 heterocycles. The minimum atomic E-state index is -1.10. The molecular formula is C16H20FNO3. The average molecular weight is 293 g/mol. The Morgan fingerprint density at radius 1 is 1.38 bits per heavy atom. The van der Waals surface area contributed by atoms with Gasteiger partial charge in [-0.05, 0) is 36.6 Å². The topological polar surface area (TPSA) is 66.4 Å². The summed E-state index contributed by atoms with van der Waals surface area (Å²) in [4.78, 5) is 22.6. The summed E-state index contributed by atoms with van der Waals surface area (Å²) >= 11 is 0. The molecule has 2 N–H and O–H groups in total. The van der Waals surface area contributed by atoms with Gasteiger partial charge in [0.05, 0.1) is 5.56 Å². The summed E-state index contributed by atoms with van der Waals surface area (Å²) in [6.45, 7) is 5.90. The Kier molecular flexibility index (Phi) is 6.09. The van der Waals surface area contributed by atoms with E-state index in [-0.39, 0.29) is 17.5 Å². The van der Waals surface area contributed by atoms with Gasteiger partial charge in [-0.2, -0.15) is 0 Å². The predicted molar refractivity (Wildman–Crippen MR) is 79.5 cm³/mol. The average Bonchev–Trinajstić information content (AvgIpc) is 2.45. The molecular weight excluding hydrogens is 273 g/mol. The Bertz CT molecular complexity index is 554. The second kappa shape index (κ2) is 7.57. The van der Waals surface area contributed by atoms with Crippen LogP contribution in [0.1, 0.15) is 43.1 Å². The lowest BCUT2D eigenvalue weighted by Gasteiger charge is -2.20. The summed E-state index contributed by atoms with van der Waals surface area (Å²) in [5.41, 5.74) is 0.373. The zero-order valence-corrected chi connectivity index (χ0v) is 12.4. The molecule has 114 valence electrons. The fourth-order valence-corrected chi connectivity index (χ4v) is 1.77. The van der Waals surface area contributed by atoms with Crippen LogP contribution < -0.4 is 5.32 Å². The predicted octanol–water partition coefficient (Wildman–Crippen LogP) is 3.09. The zero-order chi connectivity index (χ0) is 16.0. The molecule has 1 aromatic carbocycles. The Morgan fingerprint density at radius 3 is 2.62 bits per heavy atom. The number of carbonyl (C=O) groups excluding carboxylic acids is 1. The summed E-state index contributed by atoms with van der Waals surface area (Å²) in [7, 11) is 0. The van der Waals surface area contributed by atoms with Gasteiger partial charge in [0.15, 0.2) is 0 Å². The van der Waals surface area contributed by atoms with Gasteiger partial charge in [0, 0.05) is 12.1 Å². The van der Waals surface area contributed by atoms with Crippen molar-refractivity contribution in [2.24, 2.45) is 5.92 Å². The summed E-state index contributed by atoms with van der Waals surface area (Å²) < 4.78 is 13.8. The van der Waals surface area contributed by atoms with Crippen LogP contribution in [0.15, 0.2) is 24.3 Å². The van der Waals surface area contributed by atoms with E-state index in [2.05, 4.69) is 5.32 Å². The van der Waals surface area contributed by atoms with E-state index in [1.54, 1.807) is 0 Å². The van der Waals surface area contributed by atoms with E-state index in [4.69, 9.17) is 5.11 Å². The standard InChI is InChI=1S/C16H20FNO3/c1-4-10(2)11(3)18-16(21)13-9-12(5-7-14(13)17)6-8-15(19)20/h5-11H,4H2,1-3H3,(H,18,21)(H,19,20). The summed E-state index contributed by atoms with van der Waals surface area (Å²) in [6, 6.07) is 3.85. The number of carbonyl (C=O) groups is 2. The van der Waals surface area contributed by atoms with E-state index < -0.39 is 17.7 Å². The van der Waals surface area contributed by atoms with Crippen molar-refractivity contribution in [2.45, 2.75) is 33.2 Å². The first-order valence-corrected chi connectivity index (χ1v) is 6.86. The highest BCUT2D eigenvalue weighted by atomic mass is 19.1. The fraction of sp³-hybridized carbons (Fsp3) is 0.375. The number of carboxylic acid groups (broad SMARTS) is 1. The van der Waals surface area contributed by atoms with E-state index in [0.717, 1.165) is 18.6 Å². The summed E-state index contributed by atoms with van der Waals surface area (Å²) in [6.07, 6.45) is 3.17. The molecule has 0 spiro atoms. The first kappa shape index (κ1) is 16.9. The van der Waals surface area contributed by atoms with Crippen LogP contribution in [-0.2, 0) is 4.79 Å². The molecule has 1 rings (SSSR count). The van der Waals surface area contributed by atoms with Crippen molar-refractivity contribution in [3.8, 4) is 0 Å². The maximum Gasteiger partial charge on any atom is 0.328 e. The molecule has 5 heteroatoms. The number of halogens is 1. The highest BCUT2D eigenvalue weighted by Gasteiger charge is 2.17. The molecule has 2 unspecified atom stereocenters. The molecule has 0 aliphatic rings. The molecule has 21 heavy (non-hydrogen) atoms. The number of benzene rings is 1. The third-order valence-electron chi connectivity index (χ3n) is 3.51. The third-order valence-corrected chi connectivity index (χ3v) is 3.51. The highest BCUT2D eigenvalue weighted by molar-refractivity contribution is 5.95. The van der Waals surface area contributed by atoms with Crippen LogP contribution >= 0.6 is 0 Å². The molecule has 0 saturated heterocycles. The van der Waals surface area contributed by atoms with Crippen molar-refractivity contribution >= 4 is 18.0 Å². The highest BCUT2D eigenvalue weighted by Crippen LogP contribution is 2.14. The molecule has 1 amide bonds. The largest absolute Gasteiger partial charge is 0.478 e. The van der Waals surface area contributed by atoms with Crippen LogP contribution in [0.25, 0.3) is 6.08 Å².